The van der Waals surface area contributed by atoms with Gasteiger partial charge in [0.05, 0.1) is 55.1 Å². The molecule has 9 N–H and O–H groups in total. The Morgan fingerprint density at radius 3 is 2.19 bits per heavy atom. The fraction of sp³-hybridized carbons (Fsp3) is 0.655. The van der Waals surface area contributed by atoms with Gasteiger partial charge in [-0.15, -0.1) is 23.5 Å². The highest BCUT2D eigenvalue weighted by Gasteiger charge is 2.60. The number of amides is 3. The van der Waals surface area contributed by atoms with Gasteiger partial charge >= 0.3 is 11.9 Å². The summed E-state index contributed by atoms with van der Waals surface area (Å²) in [6, 6.07) is -0.796. The van der Waals surface area contributed by atoms with E-state index in [1.165, 1.54) is 39.7 Å². The van der Waals surface area contributed by atoms with Gasteiger partial charge in [0.1, 0.15) is 11.4 Å². The quantitative estimate of drug-likeness (QED) is 0.0620. The number of hydrogen-bond acceptors (Lipinski definition) is 11. The SMILES string of the molecule is C[C@@H](O)[C@H]1C(=O)N2C(C(=O)O)=C(SCCN=CN)C[C@H]12.C[C@@H](O)[C@H]1C(=O)N2C(C(=O)O)=C(S[C@@H]3CN[C@H](C(=O)N(C)C)C3)[C@H](C)[C@H]12.O. The topological polar surface area (TPSA) is 258 Å². The van der Waals surface area contributed by atoms with E-state index in [4.69, 9.17) is 5.73 Å². The molecule has 0 unspecified atom stereocenters. The van der Waals surface area contributed by atoms with Gasteiger partial charge in [-0.25, -0.2) is 9.59 Å². The monoisotopic (exact) mass is 700 g/mol. The van der Waals surface area contributed by atoms with E-state index in [-0.39, 0.29) is 63.9 Å². The number of nitrogens with two attached hydrogens (primary N) is 1. The molecule has 5 aliphatic rings. The minimum absolute atomic E-state index is 0. The van der Waals surface area contributed by atoms with E-state index in [9.17, 15) is 44.4 Å². The summed E-state index contributed by atoms with van der Waals surface area (Å²) >= 11 is 2.82. The van der Waals surface area contributed by atoms with Gasteiger partial charge < -0.3 is 51.7 Å². The minimum atomic E-state index is -1.12. The van der Waals surface area contributed by atoms with Crippen molar-refractivity contribution in [2.45, 2.75) is 69.2 Å². The van der Waals surface area contributed by atoms with Crippen molar-refractivity contribution in [1.29, 1.82) is 0 Å². The van der Waals surface area contributed by atoms with Gasteiger partial charge in [-0.05, 0) is 20.3 Å². The number of thioether (sulfide) groups is 2. The Labute approximate surface area is 280 Å². The third-order valence-corrected chi connectivity index (χ3v) is 11.5. The highest BCUT2D eigenvalue weighted by atomic mass is 32.2. The van der Waals surface area contributed by atoms with Crippen LogP contribution in [0.1, 0.15) is 33.6 Å². The molecule has 0 aromatic carbocycles. The molecule has 0 bridgehead atoms. The number of likely N-dealkylation sites (N-methyl/N-ethyl adjacent to an activating group) is 1. The summed E-state index contributed by atoms with van der Waals surface area (Å²) in [4.78, 5) is 68.9. The van der Waals surface area contributed by atoms with Crippen LogP contribution in [0, 0.1) is 17.8 Å². The van der Waals surface area contributed by atoms with Crippen LogP contribution in [0.2, 0.25) is 0 Å². The van der Waals surface area contributed by atoms with E-state index in [2.05, 4.69) is 10.3 Å². The first-order valence-corrected chi connectivity index (χ1v) is 16.9. The van der Waals surface area contributed by atoms with Crippen molar-refractivity contribution >= 4 is 59.5 Å². The maximum Gasteiger partial charge on any atom is 0.353 e. The molecular formula is C29H44N6O10S2. The largest absolute Gasteiger partial charge is 0.477 e. The molecule has 0 aromatic heterocycles. The molecule has 0 saturated carbocycles. The number of carboxylic acid groups (broad SMARTS) is 2. The third kappa shape index (κ3) is 7.17. The van der Waals surface area contributed by atoms with Crippen molar-refractivity contribution in [1.82, 2.24) is 20.0 Å². The lowest BCUT2D eigenvalue weighted by atomic mass is 9.79. The van der Waals surface area contributed by atoms with E-state index in [0.29, 0.717) is 41.5 Å². The van der Waals surface area contributed by atoms with Crippen molar-refractivity contribution in [3.05, 3.63) is 21.2 Å². The molecule has 47 heavy (non-hydrogen) atoms. The summed E-state index contributed by atoms with van der Waals surface area (Å²) in [6.07, 6.45) is 0.747. The predicted octanol–water partition coefficient (Wildman–Crippen LogP) is -1.52. The number of fused-ring (bicyclic) bond motifs is 2. The average molecular weight is 701 g/mol. The Balaban J connectivity index is 0.000000259. The lowest BCUT2D eigenvalue weighted by Crippen LogP contribution is -2.63. The van der Waals surface area contributed by atoms with E-state index in [0.717, 1.165) is 0 Å². The van der Waals surface area contributed by atoms with Gasteiger partial charge in [0.15, 0.2) is 0 Å². The van der Waals surface area contributed by atoms with Crippen molar-refractivity contribution in [2.75, 3.05) is 32.9 Å². The predicted molar refractivity (Wildman–Crippen MR) is 175 cm³/mol. The molecule has 3 fully saturated rings. The molecule has 0 radical (unpaired) electrons. The van der Waals surface area contributed by atoms with Gasteiger partial charge in [-0.1, -0.05) is 6.92 Å². The first-order valence-electron chi connectivity index (χ1n) is 15.0. The maximum atomic E-state index is 12.3. The molecule has 0 aromatic rings. The number of aliphatic hydroxyl groups is 2. The lowest BCUT2D eigenvalue weighted by Gasteiger charge is -2.46. The number of hydrogen-bond donors (Lipinski definition) is 6. The second-order valence-corrected chi connectivity index (χ2v) is 14.7. The molecule has 5 aliphatic heterocycles. The number of rotatable bonds is 11. The number of aliphatic imine (C=N–C) groups is 1. The number of β-lactam (4-membered cyclic amide) rings is 2. The number of nitrogens with one attached hydrogen (secondary N) is 1. The molecule has 262 valence electrons. The fourth-order valence-corrected chi connectivity index (χ4v) is 9.34. The zero-order valence-corrected chi connectivity index (χ0v) is 28.5. The Bertz CT molecular complexity index is 1370. The van der Waals surface area contributed by atoms with Crippen LogP contribution in [0.4, 0.5) is 0 Å². The maximum absolute atomic E-state index is 12.3. The van der Waals surface area contributed by atoms with E-state index in [1.807, 2.05) is 6.92 Å². The molecule has 16 nitrogen and oxygen atoms in total. The second kappa shape index (κ2) is 15.4. The Kier molecular flexibility index (Phi) is 12.5. The van der Waals surface area contributed by atoms with Crippen LogP contribution in [0.5, 0.6) is 0 Å². The zero-order valence-electron chi connectivity index (χ0n) is 26.8. The van der Waals surface area contributed by atoms with Gasteiger partial charge in [0, 0.05) is 53.8 Å². The fourth-order valence-electron chi connectivity index (χ4n) is 6.81. The van der Waals surface area contributed by atoms with Crippen LogP contribution >= 0.6 is 23.5 Å². The molecule has 3 saturated heterocycles. The Morgan fingerprint density at radius 1 is 1.06 bits per heavy atom. The van der Waals surface area contributed by atoms with Gasteiger partial charge in [-0.3, -0.25) is 19.4 Å². The lowest BCUT2D eigenvalue weighted by molar-refractivity contribution is -0.163. The van der Waals surface area contributed by atoms with Crippen molar-refractivity contribution in [3.8, 4) is 0 Å². The molecule has 3 amide bonds. The molecule has 5 heterocycles. The first kappa shape index (κ1) is 38.3. The smallest absolute Gasteiger partial charge is 0.353 e. The zero-order chi connectivity index (χ0) is 34.2. The minimum Gasteiger partial charge on any atom is -0.477 e. The summed E-state index contributed by atoms with van der Waals surface area (Å²) < 4.78 is 0. The number of nitrogens with zero attached hydrogens (tertiary/aromatic N) is 4. The van der Waals surface area contributed by atoms with Crippen LogP contribution in [0.15, 0.2) is 26.2 Å². The molecule has 5 rings (SSSR count). The second-order valence-electron chi connectivity index (χ2n) is 12.2. The van der Waals surface area contributed by atoms with Crippen LogP contribution in [-0.2, 0) is 24.0 Å². The average Bonchev–Trinajstić information content (AvgIpc) is 3.63. The van der Waals surface area contributed by atoms with Crippen molar-refractivity contribution < 1.29 is 49.9 Å². The third-order valence-electron chi connectivity index (χ3n) is 8.93. The number of aliphatic hydroxyl groups excluding tert-OH is 2. The van der Waals surface area contributed by atoms with E-state index >= 15 is 0 Å². The number of aliphatic carboxylic acids is 2. The van der Waals surface area contributed by atoms with E-state index in [1.54, 1.807) is 32.8 Å². The van der Waals surface area contributed by atoms with Crippen molar-refractivity contribution in [3.63, 3.8) is 0 Å². The van der Waals surface area contributed by atoms with Crippen molar-refractivity contribution in [2.24, 2.45) is 28.5 Å². The number of carboxylic acids is 2. The van der Waals surface area contributed by atoms with Crippen LogP contribution in [0.3, 0.4) is 0 Å². The first-order chi connectivity index (χ1) is 21.6. The van der Waals surface area contributed by atoms with Gasteiger partial charge in [0.25, 0.3) is 0 Å². The molecule has 18 heteroatoms. The molecular weight excluding hydrogens is 656 g/mol. The summed E-state index contributed by atoms with van der Waals surface area (Å²) in [6.45, 7) is 6.13. The Hall–Kier alpha value is -3.16. The van der Waals surface area contributed by atoms with Crippen LogP contribution in [0.25, 0.3) is 0 Å². The molecule has 0 aliphatic carbocycles. The van der Waals surface area contributed by atoms with Crippen LogP contribution < -0.4 is 11.1 Å². The summed E-state index contributed by atoms with van der Waals surface area (Å²) in [7, 11) is 3.42. The summed E-state index contributed by atoms with van der Waals surface area (Å²) in [5, 5.41) is 41.7. The molecule has 0 spiro atoms. The normalized spacial score (nSPS) is 30.6. The van der Waals surface area contributed by atoms with Crippen LogP contribution in [-0.4, -0.2) is 145 Å². The van der Waals surface area contributed by atoms with E-state index < -0.39 is 36.0 Å². The number of carbonyl (C=O) groups excluding carboxylic acids is 3. The van der Waals surface area contributed by atoms with Gasteiger partial charge in [-0.2, -0.15) is 0 Å². The highest BCUT2D eigenvalue weighted by Crippen LogP contribution is 2.52. The Morgan fingerprint density at radius 2 is 1.66 bits per heavy atom. The summed E-state index contributed by atoms with van der Waals surface area (Å²) in [5.41, 5.74) is 5.23. The standard InChI is InChI=1S/C17H25N3O5S.C12H17N3O4S.H2O/c1-7-12-11(8(2)21)16(23)20(12)13(17(24)25)14(7)26-9-5-10(18-6-9)15(22)19(3)4;1-6(16)9-7-4-8(20-3-2-14-5-13)10(12(18)19)15(7)11(9)17;/h7-12,18,21H,5-6H2,1-4H3,(H,24,25);5-7,9,16H,2-4H2,1H3,(H2,13,14)(H,18,19);1H2/t7-,8-,9+,10+,11-,12-;6-,7-,9-;/m11./s1. The highest BCUT2D eigenvalue weighted by molar-refractivity contribution is 8.03. The molecule has 9 atom stereocenters. The number of carbonyl (C=O) groups is 5. The van der Waals surface area contributed by atoms with Gasteiger partial charge in [0.2, 0.25) is 17.7 Å². The summed E-state index contributed by atoms with van der Waals surface area (Å²) in [5.74, 6) is -3.44.